The predicted molar refractivity (Wildman–Crippen MR) is 95.6 cm³/mol. The summed E-state index contributed by atoms with van der Waals surface area (Å²) >= 11 is -3.23. The molecule has 0 N–H and O–H groups in total. The summed E-state index contributed by atoms with van der Waals surface area (Å²) in [5.41, 5.74) is 0. The molecular weight excluding hydrogens is 407 g/mol. The molecule has 2 nitrogen and oxygen atoms in total. The molecule has 0 saturated heterocycles. The maximum absolute atomic E-state index is 12.2. The van der Waals surface area contributed by atoms with Gasteiger partial charge in [0.05, 0.1) is 0 Å². The molecule has 0 amide bonds. The van der Waals surface area contributed by atoms with E-state index in [1.807, 2.05) is 38.2 Å². The van der Waals surface area contributed by atoms with Gasteiger partial charge in [0, 0.05) is 0 Å². The van der Waals surface area contributed by atoms with Gasteiger partial charge in [-0.25, -0.2) is 0 Å². The average molecular weight is 427 g/mol. The number of carbonyl (C=O) groups is 2. The van der Waals surface area contributed by atoms with Crippen molar-refractivity contribution in [2.75, 3.05) is 0 Å². The van der Waals surface area contributed by atoms with Gasteiger partial charge >= 0.3 is 136 Å². The van der Waals surface area contributed by atoms with Crippen molar-refractivity contribution in [3.63, 3.8) is 0 Å². The van der Waals surface area contributed by atoms with Crippen LogP contribution in [0.1, 0.15) is 26.7 Å². The van der Waals surface area contributed by atoms with E-state index in [1.165, 1.54) is 17.9 Å². The molecule has 2 rings (SSSR count). The molecule has 0 radical (unpaired) electrons. The first-order valence-electron chi connectivity index (χ1n) is 7.26. The van der Waals surface area contributed by atoms with Crippen molar-refractivity contribution in [3.8, 4) is 0 Å². The van der Waals surface area contributed by atoms with Gasteiger partial charge in [-0.3, -0.25) is 0 Å². The van der Waals surface area contributed by atoms with E-state index in [-0.39, 0.29) is 18.1 Å². The van der Waals surface area contributed by atoms with Crippen LogP contribution in [0.2, 0.25) is 7.87 Å². The summed E-state index contributed by atoms with van der Waals surface area (Å²) in [7, 11) is 3.08. The summed E-state index contributed by atoms with van der Waals surface area (Å²) in [6.07, 6.45) is 18.0. The van der Waals surface area contributed by atoms with Crippen molar-refractivity contribution in [2.24, 2.45) is 0 Å². The second-order valence-electron chi connectivity index (χ2n) is 4.97. The van der Waals surface area contributed by atoms with E-state index in [9.17, 15) is 9.59 Å². The summed E-state index contributed by atoms with van der Waals surface area (Å²) in [6.45, 7) is 3.80. The standard InChI is InChI=1S/2C5H5.2C3H6OS.Sn/c2*1-2-4-5-3-1;2*1-2-3(4)5;/h2*1-5H;2*2H2,1H3,(H,4,5);/q;;;;+2/p-2. The Kier molecular flexibility index (Phi) is 6.44. The van der Waals surface area contributed by atoms with Crippen LogP contribution >= 0.6 is 17.9 Å². The van der Waals surface area contributed by atoms with Gasteiger partial charge in [0.15, 0.2) is 0 Å². The molecule has 0 aliphatic heterocycles. The Hall–Kier alpha value is -0.201. The van der Waals surface area contributed by atoms with Crippen LogP contribution in [0.5, 0.6) is 0 Å². The molecule has 0 atom stereocenters. The van der Waals surface area contributed by atoms with Crippen molar-refractivity contribution in [2.45, 2.75) is 34.6 Å². The van der Waals surface area contributed by atoms with E-state index < -0.39 is 15.6 Å². The number of carbonyl (C=O) groups excluding carboxylic acids is 2. The van der Waals surface area contributed by atoms with Crippen LogP contribution in [-0.2, 0) is 9.59 Å². The molecule has 0 aromatic heterocycles. The Bertz CT molecular complexity index is 462. The zero-order valence-electron chi connectivity index (χ0n) is 12.3. The molecule has 0 unspecified atom stereocenters. The summed E-state index contributed by atoms with van der Waals surface area (Å²) in [4.78, 5) is 24.4. The van der Waals surface area contributed by atoms with Crippen LogP contribution < -0.4 is 0 Å². The zero-order chi connectivity index (χ0) is 15.3. The predicted octanol–water partition coefficient (Wildman–Crippen LogP) is 4.76. The molecule has 0 fully saturated rings. The maximum atomic E-state index is 12.2. The molecule has 0 aromatic rings. The molecular formula is C16H20O2S2Sn. The first-order chi connectivity index (χ1) is 10.1. The summed E-state index contributed by atoms with van der Waals surface area (Å²) in [5, 5.41) is 0.453. The normalized spacial score (nSPS) is 18.0. The van der Waals surface area contributed by atoms with E-state index in [2.05, 4.69) is 24.3 Å². The Labute approximate surface area is 136 Å². The SMILES string of the molecule is CCC(=O)[S][Sn]([S]C(=O)CC)([CH]1C=CC=C1)[CH]1C=CC=C1. The van der Waals surface area contributed by atoms with Crippen molar-refractivity contribution in [1.29, 1.82) is 0 Å². The summed E-state index contributed by atoms with van der Waals surface area (Å²) in [5.74, 6) is 0. The molecule has 0 spiro atoms. The monoisotopic (exact) mass is 428 g/mol. The van der Waals surface area contributed by atoms with Gasteiger partial charge in [-0.15, -0.1) is 0 Å². The third-order valence-corrected chi connectivity index (χ3v) is 32.7. The van der Waals surface area contributed by atoms with Gasteiger partial charge in [0.1, 0.15) is 0 Å². The van der Waals surface area contributed by atoms with Crippen LogP contribution in [0, 0.1) is 0 Å². The van der Waals surface area contributed by atoms with Gasteiger partial charge in [0.2, 0.25) is 0 Å². The van der Waals surface area contributed by atoms with Crippen molar-refractivity contribution in [1.82, 2.24) is 0 Å². The minimum atomic E-state index is -3.23. The molecule has 112 valence electrons. The molecule has 0 heterocycles. The second kappa shape index (κ2) is 7.88. The Balaban J connectivity index is 2.40. The number of hydrogen-bond donors (Lipinski definition) is 0. The van der Waals surface area contributed by atoms with E-state index in [0.717, 1.165) is 0 Å². The fourth-order valence-corrected chi connectivity index (χ4v) is 32.0. The van der Waals surface area contributed by atoms with Gasteiger partial charge < -0.3 is 0 Å². The van der Waals surface area contributed by atoms with Crippen LogP contribution in [0.15, 0.2) is 48.6 Å². The van der Waals surface area contributed by atoms with Crippen molar-refractivity contribution in [3.05, 3.63) is 48.6 Å². The Morgan fingerprint density at radius 2 is 1.14 bits per heavy atom. The molecule has 21 heavy (non-hydrogen) atoms. The van der Waals surface area contributed by atoms with Crippen LogP contribution in [-0.4, -0.2) is 25.8 Å². The van der Waals surface area contributed by atoms with Gasteiger partial charge in [-0.05, 0) is 0 Å². The van der Waals surface area contributed by atoms with E-state index in [4.69, 9.17) is 0 Å². The second-order valence-corrected chi connectivity index (χ2v) is 28.5. The fourth-order valence-electron chi connectivity index (χ4n) is 2.42. The first-order valence-corrected chi connectivity index (χ1v) is 19.2. The molecule has 0 bridgehead atoms. The molecule has 0 saturated carbocycles. The van der Waals surface area contributed by atoms with E-state index in [1.54, 1.807) is 0 Å². The third-order valence-electron chi connectivity index (χ3n) is 3.55. The molecule has 0 aromatic carbocycles. The van der Waals surface area contributed by atoms with Gasteiger partial charge in [-0.2, -0.15) is 0 Å². The number of rotatable bonds is 6. The van der Waals surface area contributed by atoms with Crippen molar-refractivity contribution >= 4 is 43.7 Å². The van der Waals surface area contributed by atoms with E-state index in [0.29, 0.717) is 12.8 Å². The topological polar surface area (TPSA) is 34.1 Å². The van der Waals surface area contributed by atoms with Crippen LogP contribution in [0.3, 0.4) is 0 Å². The summed E-state index contributed by atoms with van der Waals surface area (Å²) in [6, 6.07) is 0. The number of allylic oxidation sites excluding steroid dienone is 8. The Morgan fingerprint density at radius 1 is 0.810 bits per heavy atom. The minimum absolute atomic E-state index is 0.226. The first kappa shape index (κ1) is 17.2. The molecule has 2 aliphatic rings. The zero-order valence-corrected chi connectivity index (χ0v) is 16.8. The third kappa shape index (κ3) is 3.96. The van der Waals surface area contributed by atoms with Crippen LogP contribution in [0.25, 0.3) is 0 Å². The Morgan fingerprint density at radius 3 is 1.43 bits per heavy atom. The average Bonchev–Trinajstić information content (AvgIpc) is 3.18. The quantitative estimate of drug-likeness (QED) is 0.573. The molecule has 5 heteroatoms. The van der Waals surface area contributed by atoms with Gasteiger partial charge in [0.25, 0.3) is 0 Å². The fraction of sp³-hybridized carbons (Fsp3) is 0.375. The molecule has 2 aliphatic carbocycles. The number of hydrogen-bond acceptors (Lipinski definition) is 4. The summed E-state index contributed by atoms with van der Waals surface area (Å²) < 4.78 is 0.579. The van der Waals surface area contributed by atoms with Crippen LogP contribution in [0.4, 0.5) is 0 Å². The van der Waals surface area contributed by atoms with Gasteiger partial charge in [-0.1, -0.05) is 0 Å². The van der Waals surface area contributed by atoms with Crippen molar-refractivity contribution < 1.29 is 9.59 Å². The van der Waals surface area contributed by atoms with E-state index >= 15 is 0 Å².